The molecule has 0 radical (unpaired) electrons. The van der Waals surface area contributed by atoms with Crippen molar-refractivity contribution in [3.8, 4) is 0 Å². The summed E-state index contributed by atoms with van der Waals surface area (Å²) >= 11 is 0. The van der Waals surface area contributed by atoms with Crippen molar-refractivity contribution in [1.82, 2.24) is 9.80 Å². The summed E-state index contributed by atoms with van der Waals surface area (Å²) in [6.07, 6.45) is 1.45. The maximum atomic E-state index is 13.2. The van der Waals surface area contributed by atoms with E-state index in [4.69, 9.17) is 13.6 Å². The zero-order chi connectivity index (χ0) is 21.8. The SMILES string of the molecule is CCOCC(=O)Nc1c(C(=O)N2CCN(C(=O)c3ccco3)CC2)oc2ccccc12. The quantitative estimate of drug-likeness (QED) is 0.651. The largest absolute Gasteiger partial charge is 0.459 e. The highest BCUT2D eigenvalue weighted by Crippen LogP contribution is 2.32. The van der Waals surface area contributed by atoms with Crippen LogP contribution in [0.25, 0.3) is 11.0 Å². The van der Waals surface area contributed by atoms with Crippen LogP contribution in [0.1, 0.15) is 28.0 Å². The molecule has 0 spiro atoms. The van der Waals surface area contributed by atoms with E-state index in [1.807, 2.05) is 6.07 Å². The molecule has 3 aromatic rings. The zero-order valence-electron chi connectivity index (χ0n) is 17.1. The molecule has 0 aliphatic carbocycles. The van der Waals surface area contributed by atoms with E-state index in [0.29, 0.717) is 49.4 Å². The van der Waals surface area contributed by atoms with E-state index >= 15 is 0 Å². The highest BCUT2D eigenvalue weighted by Gasteiger charge is 2.30. The number of para-hydroxylation sites is 1. The Labute approximate surface area is 178 Å². The summed E-state index contributed by atoms with van der Waals surface area (Å²) in [5.74, 6) is -0.567. The second-order valence-electron chi connectivity index (χ2n) is 7.05. The van der Waals surface area contributed by atoms with Gasteiger partial charge in [-0.1, -0.05) is 12.1 Å². The Morgan fingerprint density at radius 2 is 1.71 bits per heavy atom. The number of carbonyl (C=O) groups is 3. The van der Waals surface area contributed by atoms with Gasteiger partial charge < -0.3 is 28.7 Å². The Kier molecular flexibility index (Phi) is 6.03. The number of piperazine rings is 1. The van der Waals surface area contributed by atoms with Gasteiger partial charge in [-0.15, -0.1) is 0 Å². The molecule has 31 heavy (non-hydrogen) atoms. The lowest BCUT2D eigenvalue weighted by atomic mass is 10.2. The summed E-state index contributed by atoms with van der Waals surface area (Å²) in [6.45, 7) is 3.52. The molecule has 1 saturated heterocycles. The fourth-order valence-electron chi connectivity index (χ4n) is 3.50. The number of nitrogens with zero attached hydrogens (tertiary/aromatic N) is 2. The van der Waals surface area contributed by atoms with E-state index in [1.165, 1.54) is 6.26 Å². The van der Waals surface area contributed by atoms with Gasteiger partial charge in [0.15, 0.2) is 5.76 Å². The van der Waals surface area contributed by atoms with E-state index in [2.05, 4.69) is 5.32 Å². The minimum Gasteiger partial charge on any atom is -0.459 e. The average molecular weight is 425 g/mol. The number of anilines is 1. The highest BCUT2D eigenvalue weighted by atomic mass is 16.5. The third-order valence-corrected chi connectivity index (χ3v) is 5.08. The molecule has 9 nitrogen and oxygen atoms in total. The van der Waals surface area contributed by atoms with Gasteiger partial charge in [0.05, 0.1) is 6.26 Å². The maximum absolute atomic E-state index is 13.2. The Bertz CT molecular complexity index is 1080. The molecule has 1 aliphatic rings. The Hall–Kier alpha value is -3.59. The predicted octanol–water partition coefficient (Wildman–Crippen LogP) is 2.60. The molecule has 1 N–H and O–H groups in total. The number of hydrogen-bond acceptors (Lipinski definition) is 6. The first-order chi connectivity index (χ1) is 15.1. The summed E-state index contributed by atoms with van der Waals surface area (Å²) in [5.41, 5.74) is 0.837. The van der Waals surface area contributed by atoms with Crippen LogP contribution in [0.2, 0.25) is 0 Å². The molecular formula is C22H23N3O6. The number of nitrogens with one attached hydrogen (secondary N) is 1. The minimum absolute atomic E-state index is 0.0665. The van der Waals surface area contributed by atoms with Crippen molar-refractivity contribution in [3.05, 3.63) is 54.2 Å². The van der Waals surface area contributed by atoms with Crippen LogP contribution in [0, 0.1) is 0 Å². The van der Waals surface area contributed by atoms with Gasteiger partial charge in [-0.2, -0.15) is 0 Å². The summed E-state index contributed by atoms with van der Waals surface area (Å²) in [5, 5.41) is 3.39. The number of fused-ring (bicyclic) bond motifs is 1. The van der Waals surface area contributed by atoms with Crippen LogP contribution in [0.4, 0.5) is 5.69 Å². The summed E-state index contributed by atoms with van der Waals surface area (Å²) in [4.78, 5) is 41.2. The van der Waals surface area contributed by atoms with Crippen LogP contribution in [-0.4, -0.2) is 66.9 Å². The third-order valence-electron chi connectivity index (χ3n) is 5.08. The smallest absolute Gasteiger partial charge is 0.291 e. The van der Waals surface area contributed by atoms with Crippen LogP contribution in [-0.2, 0) is 9.53 Å². The van der Waals surface area contributed by atoms with Gasteiger partial charge in [0.25, 0.3) is 11.8 Å². The monoisotopic (exact) mass is 425 g/mol. The van der Waals surface area contributed by atoms with Gasteiger partial charge in [-0.05, 0) is 31.2 Å². The third kappa shape index (κ3) is 4.31. The standard InChI is InChI=1S/C22H23N3O6/c1-2-29-14-18(26)23-19-15-6-3-4-7-16(15)31-20(19)22(28)25-11-9-24(10-12-25)21(27)17-8-5-13-30-17/h3-8,13H,2,9-12,14H2,1H3,(H,23,26). The minimum atomic E-state index is -0.365. The molecule has 1 aromatic carbocycles. The molecule has 0 bridgehead atoms. The Morgan fingerprint density at radius 3 is 2.39 bits per heavy atom. The number of rotatable bonds is 6. The predicted molar refractivity (Wildman–Crippen MR) is 112 cm³/mol. The van der Waals surface area contributed by atoms with Gasteiger partial charge in [-0.3, -0.25) is 14.4 Å². The maximum Gasteiger partial charge on any atom is 0.291 e. The second-order valence-corrected chi connectivity index (χ2v) is 7.05. The topological polar surface area (TPSA) is 105 Å². The molecule has 2 aromatic heterocycles. The van der Waals surface area contributed by atoms with Gasteiger partial charge in [0.1, 0.15) is 17.9 Å². The molecule has 9 heteroatoms. The first-order valence-electron chi connectivity index (χ1n) is 10.1. The lowest BCUT2D eigenvalue weighted by Gasteiger charge is -2.34. The number of furan rings is 2. The molecule has 4 rings (SSSR count). The van der Waals surface area contributed by atoms with Gasteiger partial charge in [0.2, 0.25) is 11.7 Å². The van der Waals surface area contributed by atoms with E-state index in [9.17, 15) is 14.4 Å². The van der Waals surface area contributed by atoms with E-state index in [0.717, 1.165) is 0 Å². The van der Waals surface area contributed by atoms with Crippen molar-refractivity contribution in [2.24, 2.45) is 0 Å². The number of amides is 3. The van der Waals surface area contributed by atoms with Gasteiger partial charge in [-0.25, -0.2) is 0 Å². The molecule has 3 heterocycles. The average Bonchev–Trinajstić information content (AvgIpc) is 3.46. The fraction of sp³-hybridized carbons (Fsp3) is 0.318. The van der Waals surface area contributed by atoms with Crippen LogP contribution in [0.3, 0.4) is 0 Å². The first kappa shape index (κ1) is 20.7. The molecule has 0 saturated carbocycles. The molecule has 162 valence electrons. The highest BCUT2D eigenvalue weighted by molar-refractivity contribution is 6.11. The number of benzene rings is 1. The molecule has 0 atom stereocenters. The van der Waals surface area contributed by atoms with E-state index < -0.39 is 0 Å². The zero-order valence-corrected chi connectivity index (χ0v) is 17.1. The molecule has 3 amide bonds. The van der Waals surface area contributed by atoms with Crippen molar-refractivity contribution >= 4 is 34.4 Å². The number of carbonyl (C=O) groups excluding carboxylic acids is 3. The van der Waals surface area contributed by atoms with Gasteiger partial charge >= 0.3 is 0 Å². The van der Waals surface area contributed by atoms with Crippen molar-refractivity contribution in [2.45, 2.75) is 6.92 Å². The van der Waals surface area contributed by atoms with Crippen molar-refractivity contribution in [2.75, 3.05) is 44.7 Å². The molecule has 1 fully saturated rings. The fourth-order valence-corrected chi connectivity index (χ4v) is 3.50. The van der Waals surface area contributed by atoms with Crippen LogP contribution >= 0.6 is 0 Å². The van der Waals surface area contributed by atoms with Crippen LogP contribution in [0.15, 0.2) is 51.5 Å². The van der Waals surface area contributed by atoms with Crippen molar-refractivity contribution < 1.29 is 28.0 Å². The Balaban J connectivity index is 1.50. The Morgan fingerprint density at radius 1 is 1.00 bits per heavy atom. The summed E-state index contributed by atoms with van der Waals surface area (Å²) in [6, 6.07) is 10.4. The number of ether oxygens (including phenoxy) is 1. The summed E-state index contributed by atoms with van der Waals surface area (Å²) in [7, 11) is 0. The van der Waals surface area contributed by atoms with E-state index in [-0.39, 0.29) is 35.8 Å². The van der Waals surface area contributed by atoms with Crippen molar-refractivity contribution in [3.63, 3.8) is 0 Å². The molecular weight excluding hydrogens is 402 g/mol. The van der Waals surface area contributed by atoms with Gasteiger partial charge in [0, 0.05) is 38.2 Å². The first-order valence-corrected chi connectivity index (χ1v) is 10.1. The van der Waals surface area contributed by atoms with Crippen LogP contribution < -0.4 is 5.32 Å². The summed E-state index contributed by atoms with van der Waals surface area (Å²) < 4.78 is 16.1. The normalized spacial score (nSPS) is 14.1. The lowest BCUT2D eigenvalue weighted by Crippen LogP contribution is -2.50. The molecule has 0 unspecified atom stereocenters. The lowest BCUT2D eigenvalue weighted by molar-refractivity contribution is -0.120. The van der Waals surface area contributed by atoms with Crippen LogP contribution in [0.5, 0.6) is 0 Å². The molecule has 1 aliphatic heterocycles. The van der Waals surface area contributed by atoms with Crippen molar-refractivity contribution in [1.29, 1.82) is 0 Å². The van der Waals surface area contributed by atoms with E-state index in [1.54, 1.807) is 47.1 Å². The number of hydrogen-bond donors (Lipinski definition) is 1. The second kappa shape index (κ2) is 9.05.